The average molecular weight is 408 g/mol. The van der Waals surface area contributed by atoms with E-state index in [1.165, 1.54) is 22.7 Å². The summed E-state index contributed by atoms with van der Waals surface area (Å²) < 4.78 is 0. The molecule has 0 aliphatic carbocycles. The number of pyridine rings is 1. The van der Waals surface area contributed by atoms with Crippen LogP contribution in [0.5, 0.6) is 0 Å². The summed E-state index contributed by atoms with van der Waals surface area (Å²) in [6.07, 6.45) is 1.46. The number of hydrogen-bond donors (Lipinski definition) is 2. The second-order valence-corrected chi connectivity index (χ2v) is 7.35. The summed E-state index contributed by atoms with van der Waals surface area (Å²) in [6.45, 7) is 3.90. The molecule has 0 spiro atoms. The van der Waals surface area contributed by atoms with Crippen LogP contribution in [-0.2, 0) is 11.3 Å². The number of rotatable bonds is 5. The Morgan fingerprint density at radius 1 is 1.11 bits per heavy atom. The second kappa shape index (κ2) is 9.17. The lowest BCUT2D eigenvalue weighted by Crippen LogP contribution is -3.13. The molecular weight excluding hydrogens is 387 g/mol. The first kappa shape index (κ1) is 19.6. The van der Waals surface area contributed by atoms with E-state index in [2.05, 4.69) is 16.4 Å². The Balaban J connectivity index is 1.43. The molecule has 2 amide bonds. The molecular formula is C19H21Cl2N4O2+. The zero-order chi connectivity index (χ0) is 19.2. The Morgan fingerprint density at radius 3 is 2.56 bits per heavy atom. The minimum atomic E-state index is -0.406. The van der Waals surface area contributed by atoms with Gasteiger partial charge in [-0.25, -0.2) is 0 Å². The van der Waals surface area contributed by atoms with Crippen molar-refractivity contribution in [3.05, 3.63) is 63.9 Å². The number of aromatic nitrogens is 1. The van der Waals surface area contributed by atoms with E-state index in [-0.39, 0.29) is 18.1 Å². The monoisotopic (exact) mass is 407 g/mol. The van der Waals surface area contributed by atoms with Gasteiger partial charge in [0.15, 0.2) is 0 Å². The van der Waals surface area contributed by atoms with Gasteiger partial charge >= 0.3 is 0 Å². The van der Waals surface area contributed by atoms with Crippen molar-refractivity contribution < 1.29 is 14.5 Å². The minimum Gasteiger partial charge on any atom is -0.342 e. The van der Waals surface area contributed by atoms with E-state index in [4.69, 9.17) is 23.2 Å². The van der Waals surface area contributed by atoms with Gasteiger partial charge in [0.2, 0.25) is 5.91 Å². The summed E-state index contributed by atoms with van der Waals surface area (Å²) in [4.78, 5) is 31.5. The van der Waals surface area contributed by atoms with Crippen LogP contribution < -0.4 is 10.2 Å². The molecule has 1 aliphatic rings. The Labute approximate surface area is 168 Å². The van der Waals surface area contributed by atoms with Crippen molar-refractivity contribution in [3.63, 3.8) is 0 Å². The molecule has 27 heavy (non-hydrogen) atoms. The Hall–Kier alpha value is -2.15. The first-order valence-corrected chi connectivity index (χ1v) is 9.52. The quantitative estimate of drug-likeness (QED) is 0.778. The molecule has 6 nitrogen and oxygen atoms in total. The molecule has 8 heteroatoms. The highest BCUT2D eigenvalue weighted by molar-refractivity contribution is 6.31. The number of amides is 2. The molecule has 2 heterocycles. The molecule has 2 N–H and O–H groups in total. The van der Waals surface area contributed by atoms with E-state index in [1.54, 1.807) is 11.0 Å². The topological polar surface area (TPSA) is 66.7 Å². The summed E-state index contributed by atoms with van der Waals surface area (Å²) >= 11 is 11.9. The zero-order valence-electron chi connectivity index (χ0n) is 14.8. The summed E-state index contributed by atoms with van der Waals surface area (Å²) in [5.41, 5.74) is 1.39. The predicted molar refractivity (Wildman–Crippen MR) is 104 cm³/mol. The molecule has 0 bridgehead atoms. The van der Waals surface area contributed by atoms with E-state index in [0.717, 1.165) is 24.7 Å². The molecule has 1 aliphatic heterocycles. The van der Waals surface area contributed by atoms with Crippen LogP contribution in [0.1, 0.15) is 16.1 Å². The molecule has 0 atom stereocenters. The fraction of sp³-hybridized carbons (Fsp3) is 0.316. The smallest absolute Gasteiger partial charge is 0.270 e. The predicted octanol–water partition coefficient (Wildman–Crippen LogP) is 1.05. The third-order valence-corrected chi connectivity index (χ3v) is 4.99. The number of benzene rings is 1. The Morgan fingerprint density at radius 2 is 1.85 bits per heavy atom. The number of carbonyl (C=O) groups is 2. The molecule has 0 saturated carbocycles. The Bertz CT molecular complexity index is 823. The van der Waals surface area contributed by atoms with Gasteiger partial charge in [-0.1, -0.05) is 35.3 Å². The molecule has 1 aromatic heterocycles. The molecule has 2 aromatic rings. The van der Waals surface area contributed by atoms with Gasteiger partial charge in [-0.05, 0) is 24.3 Å². The van der Waals surface area contributed by atoms with Gasteiger partial charge in [-0.3, -0.25) is 14.6 Å². The lowest BCUT2D eigenvalue weighted by atomic mass is 10.2. The number of carbonyl (C=O) groups excluding carboxylic acids is 2. The van der Waals surface area contributed by atoms with Crippen molar-refractivity contribution >= 4 is 35.0 Å². The molecule has 3 rings (SSSR count). The number of piperazine rings is 1. The van der Waals surface area contributed by atoms with Gasteiger partial charge in [0.05, 0.1) is 32.7 Å². The van der Waals surface area contributed by atoms with Crippen LogP contribution in [0.15, 0.2) is 42.6 Å². The van der Waals surface area contributed by atoms with Gasteiger partial charge in [0, 0.05) is 21.8 Å². The third kappa shape index (κ3) is 5.66. The maximum absolute atomic E-state index is 12.3. The summed E-state index contributed by atoms with van der Waals surface area (Å²) in [6, 6.07) is 10.9. The van der Waals surface area contributed by atoms with Gasteiger partial charge in [0.1, 0.15) is 12.2 Å². The molecule has 1 saturated heterocycles. The van der Waals surface area contributed by atoms with Crippen molar-refractivity contribution in [2.45, 2.75) is 6.54 Å². The van der Waals surface area contributed by atoms with E-state index in [1.807, 2.05) is 18.2 Å². The van der Waals surface area contributed by atoms with Gasteiger partial charge in [-0.15, -0.1) is 0 Å². The zero-order valence-corrected chi connectivity index (χ0v) is 16.3. The molecule has 142 valence electrons. The van der Waals surface area contributed by atoms with Crippen LogP contribution in [0.2, 0.25) is 10.0 Å². The fourth-order valence-electron chi connectivity index (χ4n) is 3.07. The highest BCUT2D eigenvalue weighted by atomic mass is 35.5. The first-order chi connectivity index (χ1) is 13.0. The van der Waals surface area contributed by atoms with Crippen molar-refractivity contribution in [1.82, 2.24) is 15.2 Å². The number of hydrogen-bond acceptors (Lipinski definition) is 3. The van der Waals surface area contributed by atoms with Gasteiger partial charge in [-0.2, -0.15) is 0 Å². The van der Waals surface area contributed by atoms with Crippen molar-refractivity contribution in [3.8, 4) is 0 Å². The Kier molecular flexibility index (Phi) is 6.66. The van der Waals surface area contributed by atoms with E-state index in [0.29, 0.717) is 18.1 Å². The standard InChI is InChI=1S/C19H20Cl2N4O2/c20-15-3-1-2-14(10-15)13-24-6-8-25(9-7-24)18(26)12-23-19(27)17-11-16(21)4-5-22-17/h1-5,10-11H,6-9,12-13H2,(H,23,27)/p+1. The minimum absolute atomic E-state index is 0.0450. The molecule has 0 radical (unpaired) electrons. The largest absolute Gasteiger partial charge is 0.342 e. The van der Waals surface area contributed by atoms with E-state index >= 15 is 0 Å². The highest BCUT2D eigenvalue weighted by Gasteiger charge is 2.24. The normalized spacial score (nSPS) is 14.8. The van der Waals surface area contributed by atoms with Crippen molar-refractivity contribution in [2.75, 3.05) is 32.7 Å². The summed E-state index contributed by atoms with van der Waals surface area (Å²) in [5.74, 6) is -0.497. The average Bonchev–Trinajstić information content (AvgIpc) is 2.66. The molecule has 1 fully saturated rings. The van der Waals surface area contributed by atoms with Crippen molar-refractivity contribution in [2.24, 2.45) is 0 Å². The van der Waals surface area contributed by atoms with Crippen LogP contribution in [0.4, 0.5) is 0 Å². The lowest BCUT2D eigenvalue weighted by Gasteiger charge is -2.32. The van der Waals surface area contributed by atoms with Gasteiger partial charge in [0.25, 0.3) is 5.91 Å². The number of nitrogens with one attached hydrogen (secondary N) is 2. The number of quaternary nitrogens is 1. The highest BCUT2D eigenvalue weighted by Crippen LogP contribution is 2.10. The molecule has 1 aromatic carbocycles. The number of nitrogens with zero attached hydrogens (tertiary/aromatic N) is 2. The maximum atomic E-state index is 12.3. The summed E-state index contributed by atoms with van der Waals surface area (Å²) in [7, 11) is 0. The second-order valence-electron chi connectivity index (χ2n) is 6.48. The summed E-state index contributed by atoms with van der Waals surface area (Å²) in [5, 5.41) is 3.78. The van der Waals surface area contributed by atoms with Crippen LogP contribution in [0.25, 0.3) is 0 Å². The van der Waals surface area contributed by atoms with Crippen LogP contribution in [-0.4, -0.2) is 54.4 Å². The number of halogens is 2. The fourth-order valence-corrected chi connectivity index (χ4v) is 3.44. The molecule has 0 unspecified atom stereocenters. The maximum Gasteiger partial charge on any atom is 0.270 e. The third-order valence-electron chi connectivity index (χ3n) is 4.52. The van der Waals surface area contributed by atoms with Gasteiger partial charge < -0.3 is 15.1 Å². The van der Waals surface area contributed by atoms with E-state index < -0.39 is 5.91 Å². The first-order valence-electron chi connectivity index (χ1n) is 8.77. The van der Waals surface area contributed by atoms with E-state index in [9.17, 15) is 9.59 Å². The van der Waals surface area contributed by atoms with Crippen molar-refractivity contribution in [1.29, 1.82) is 0 Å². The van der Waals surface area contributed by atoms with Crippen LogP contribution >= 0.6 is 23.2 Å². The lowest BCUT2D eigenvalue weighted by molar-refractivity contribution is -0.917. The SMILES string of the molecule is O=C(NCC(=O)N1CC[NH+](Cc2cccc(Cl)c2)CC1)c1cc(Cl)ccn1. The van der Waals surface area contributed by atoms with Crippen LogP contribution in [0, 0.1) is 0 Å². The van der Waals surface area contributed by atoms with Crippen LogP contribution in [0.3, 0.4) is 0 Å².